The van der Waals surface area contributed by atoms with Gasteiger partial charge in [0.15, 0.2) is 0 Å². The van der Waals surface area contributed by atoms with Crippen LogP contribution < -0.4 is 5.32 Å². The van der Waals surface area contributed by atoms with Crippen LogP contribution in [0.15, 0.2) is 12.3 Å². The van der Waals surface area contributed by atoms with E-state index in [9.17, 15) is 0 Å². The van der Waals surface area contributed by atoms with Gasteiger partial charge in [-0.25, -0.2) is 0 Å². The van der Waals surface area contributed by atoms with E-state index in [4.69, 9.17) is 0 Å². The van der Waals surface area contributed by atoms with Crippen molar-refractivity contribution >= 4 is 0 Å². The van der Waals surface area contributed by atoms with Crippen molar-refractivity contribution in [2.75, 3.05) is 7.05 Å². The van der Waals surface area contributed by atoms with Crippen LogP contribution in [-0.4, -0.2) is 22.9 Å². The highest BCUT2D eigenvalue weighted by Crippen LogP contribution is 2.59. The highest BCUT2D eigenvalue weighted by molar-refractivity contribution is 5.10. The first-order valence-electron chi connectivity index (χ1n) is 7.42. The Labute approximate surface area is 110 Å². The molecule has 3 atom stereocenters. The van der Waals surface area contributed by atoms with Crippen molar-refractivity contribution in [1.29, 1.82) is 0 Å². The van der Waals surface area contributed by atoms with Gasteiger partial charge in [0.2, 0.25) is 0 Å². The summed E-state index contributed by atoms with van der Waals surface area (Å²) in [4.78, 5) is 0. The van der Waals surface area contributed by atoms with Crippen molar-refractivity contribution in [2.24, 2.45) is 17.8 Å². The second-order valence-corrected chi connectivity index (χ2v) is 6.32. The van der Waals surface area contributed by atoms with E-state index in [0.29, 0.717) is 12.1 Å². The Hall–Kier alpha value is -0.830. The summed E-state index contributed by atoms with van der Waals surface area (Å²) in [7, 11) is 2.11. The van der Waals surface area contributed by atoms with Crippen LogP contribution in [-0.2, 0) is 6.42 Å². The first-order valence-corrected chi connectivity index (χ1v) is 7.42. The largest absolute Gasteiger partial charge is 0.316 e. The van der Waals surface area contributed by atoms with E-state index >= 15 is 0 Å². The number of nitrogens with zero attached hydrogens (tertiary/aromatic N) is 2. The summed E-state index contributed by atoms with van der Waals surface area (Å²) in [5.41, 5.74) is 1.24. The summed E-state index contributed by atoms with van der Waals surface area (Å²) in [6.07, 6.45) is 7.60. The highest BCUT2D eigenvalue weighted by atomic mass is 15.3. The molecule has 1 N–H and O–H groups in total. The highest BCUT2D eigenvalue weighted by Gasteiger charge is 2.55. The van der Waals surface area contributed by atoms with Gasteiger partial charge in [-0.15, -0.1) is 0 Å². The smallest absolute Gasteiger partial charge is 0.0640 e. The van der Waals surface area contributed by atoms with Gasteiger partial charge < -0.3 is 5.32 Å². The average Bonchev–Trinajstić information content (AvgIpc) is 2.77. The van der Waals surface area contributed by atoms with E-state index in [-0.39, 0.29) is 0 Å². The molecule has 1 aromatic heterocycles. The van der Waals surface area contributed by atoms with Crippen molar-refractivity contribution in [3.05, 3.63) is 18.0 Å². The standard InChI is InChI=1S/C15H25N3/c1-10(2)18-8-7-11(17-18)9-14(16-3)15-12-5-4-6-13(12)15/h7-8,10,12-16H,4-6,9H2,1-3H3. The average molecular weight is 247 g/mol. The summed E-state index contributed by atoms with van der Waals surface area (Å²) in [6.45, 7) is 4.36. The summed E-state index contributed by atoms with van der Waals surface area (Å²) in [6, 6.07) is 3.28. The maximum absolute atomic E-state index is 4.68. The van der Waals surface area contributed by atoms with Crippen LogP contribution in [0.4, 0.5) is 0 Å². The Bertz CT molecular complexity index is 400. The predicted octanol–water partition coefficient (Wildman–Crippen LogP) is 2.64. The molecule has 0 bridgehead atoms. The van der Waals surface area contributed by atoms with E-state index in [2.05, 4.69) is 48.3 Å². The Morgan fingerprint density at radius 2 is 2.11 bits per heavy atom. The van der Waals surface area contributed by atoms with Crippen LogP contribution in [0.3, 0.4) is 0 Å². The quantitative estimate of drug-likeness (QED) is 0.867. The zero-order chi connectivity index (χ0) is 12.7. The number of rotatable bonds is 5. The Morgan fingerprint density at radius 3 is 2.67 bits per heavy atom. The third-order valence-electron chi connectivity index (χ3n) is 4.93. The Morgan fingerprint density at radius 1 is 1.39 bits per heavy atom. The molecule has 2 aliphatic carbocycles. The first kappa shape index (κ1) is 12.2. The van der Waals surface area contributed by atoms with Crippen LogP contribution in [0.1, 0.15) is 44.8 Å². The summed E-state index contributed by atoms with van der Waals surface area (Å²) < 4.78 is 2.07. The third kappa shape index (κ3) is 2.09. The van der Waals surface area contributed by atoms with Gasteiger partial charge in [-0.05, 0) is 57.6 Å². The lowest BCUT2D eigenvalue weighted by Gasteiger charge is -2.17. The second-order valence-electron chi connectivity index (χ2n) is 6.32. The van der Waals surface area contributed by atoms with Gasteiger partial charge in [0, 0.05) is 24.7 Å². The van der Waals surface area contributed by atoms with Gasteiger partial charge >= 0.3 is 0 Å². The molecule has 0 radical (unpaired) electrons. The molecule has 3 nitrogen and oxygen atoms in total. The number of hydrogen-bond donors (Lipinski definition) is 1. The monoisotopic (exact) mass is 247 g/mol. The maximum atomic E-state index is 4.68. The van der Waals surface area contributed by atoms with Crippen molar-refractivity contribution in [2.45, 2.75) is 51.6 Å². The van der Waals surface area contributed by atoms with Gasteiger partial charge in [-0.2, -0.15) is 5.10 Å². The van der Waals surface area contributed by atoms with Crippen molar-refractivity contribution in [3.63, 3.8) is 0 Å². The molecule has 3 unspecified atom stereocenters. The third-order valence-corrected chi connectivity index (χ3v) is 4.93. The molecular weight excluding hydrogens is 222 g/mol. The summed E-state index contributed by atoms with van der Waals surface area (Å²) in [5, 5.41) is 8.21. The van der Waals surface area contributed by atoms with Crippen LogP contribution in [0.5, 0.6) is 0 Å². The summed E-state index contributed by atoms with van der Waals surface area (Å²) in [5.74, 6) is 2.97. The topological polar surface area (TPSA) is 29.9 Å². The van der Waals surface area contributed by atoms with Crippen molar-refractivity contribution in [1.82, 2.24) is 15.1 Å². The van der Waals surface area contributed by atoms with Gasteiger partial charge in [0.05, 0.1) is 5.69 Å². The minimum absolute atomic E-state index is 0.465. The molecule has 100 valence electrons. The van der Waals surface area contributed by atoms with Gasteiger partial charge in [0.1, 0.15) is 0 Å². The SMILES string of the molecule is CNC(Cc1ccn(C(C)C)n1)C1C2CCCC21. The van der Waals surface area contributed by atoms with Crippen LogP contribution >= 0.6 is 0 Å². The molecule has 0 aliphatic heterocycles. The minimum Gasteiger partial charge on any atom is -0.316 e. The molecule has 3 rings (SSSR count). The van der Waals surface area contributed by atoms with Gasteiger partial charge in [0.25, 0.3) is 0 Å². The normalized spacial score (nSPS) is 31.7. The Kier molecular flexibility index (Phi) is 3.18. The molecule has 2 fully saturated rings. The molecule has 2 aliphatic rings. The van der Waals surface area contributed by atoms with E-state index in [1.807, 2.05) is 0 Å². The van der Waals surface area contributed by atoms with Crippen LogP contribution in [0.25, 0.3) is 0 Å². The lowest BCUT2D eigenvalue weighted by atomic mass is 10.00. The van der Waals surface area contributed by atoms with E-state index in [1.165, 1.54) is 25.0 Å². The minimum atomic E-state index is 0.465. The predicted molar refractivity (Wildman–Crippen MR) is 73.5 cm³/mol. The second kappa shape index (κ2) is 4.69. The molecule has 1 aromatic rings. The number of hydrogen-bond acceptors (Lipinski definition) is 2. The van der Waals surface area contributed by atoms with Crippen molar-refractivity contribution < 1.29 is 0 Å². The number of aromatic nitrogens is 2. The molecule has 1 heterocycles. The summed E-state index contributed by atoms with van der Waals surface area (Å²) >= 11 is 0. The lowest BCUT2D eigenvalue weighted by molar-refractivity contribution is 0.421. The first-order chi connectivity index (χ1) is 8.70. The van der Waals surface area contributed by atoms with Crippen molar-refractivity contribution in [3.8, 4) is 0 Å². The fourth-order valence-corrected chi connectivity index (χ4v) is 3.90. The zero-order valence-corrected chi connectivity index (χ0v) is 11.8. The molecule has 18 heavy (non-hydrogen) atoms. The van der Waals surface area contributed by atoms with E-state index < -0.39 is 0 Å². The van der Waals surface area contributed by atoms with E-state index in [1.54, 1.807) is 0 Å². The fourth-order valence-electron chi connectivity index (χ4n) is 3.90. The lowest BCUT2D eigenvalue weighted by Crippen LogP contribution is -2.31. The Balaban J connectivity index is 1.63. The number of nitrogens with one attached hydrogen (secondary N) is 1. The molecule has 3 heteroatoms. The zero-order valence-electron chi connectivity index (χ0n) is 11.8. The van der Waals surface area contributed by atoms with Crippen LogP contribution in [0.2, 0.25) is 0 Å². The molecule has 0 spiro atoms. The van der Waals surface area contributed by atoms with Gasteiger partial charge in [-0.3, -0.25) is 4.68 Å². The maximum Gasteiger partial charge on any atom is 0.0640 e. The number of fused-ring (bicyclic) bond motifs is 1. The number of likely N-dealkylation sites (N-methyl/N-ethyl adjacent to an activating group) is 1. The molecule has 0 saturated heterocycles. The van der Waals surface area contributed by atoms with E-state index in [0.717, 1.165) is 24.2 Å². The van der Waals surface area contributed by atoms with Crippen LogP contribution in [0, 0.1) is 17.8 Å². The molecule has 0 amide bonds. The molecule has 0 aromatic carbocycles. The van der Waals surface area contributed by atoms with Gasteiger partial charge in [-0.1, -0.05) is 6.42 Å². The molecular formula is C15H25N3. The fraction of sp³-hybridized carbons (Fsp3) is 0.800. The molecule has 2 saturated carbocycles.